The molecule has 2 rings (SSSR count). The molecular formula is C14H24N2O4. The third-order valence-electron chi connectivity index (χ3n) is 4.59. The molecule has 2 saturated heterocycles. The summed E-state index contributed by atoms with van der Waals surface area (Å²) in [6.45, 7) is 3.87. The number of rotatable bonds is 2. The topological polar surface area (TPSA) is 70.1 Å². The Kier molecular flexibility index (Phi) is 4.86. The number of urea groups is 1. The summed E-state index contributed by atoms with van der Waals surface area (Å²) in [5, 5.41) is 9.23. The van der Waals surface area contributed by atoms with Crippen molar-refractivity contribution >= 4 is 12.0 Å². The van der Waals surface area contributed by atoms with Crippen LogP contribution in [0.1, 0.15) is 32.6 Å². The molecule has 2 aliphatic heterocycles. The van der Waals surface area contributed by atoms with Crippen molar-refractivity contribution in [1.82, 2.24) is 9.80 Å². The summed E-state index contributed by atoms with van der Waals surface area (Å²) >= 11 is 0. The first-order valence-electron chi connectivity index (χ1n) is 7.36. The summed E-state index contributed by atoms with van der Waals surface area (Å²) < 4.78 is 5.32. The molecule has 2 aliphatic rings. The smallest absolute Gasteiger partial charge is 0.320 e. The van der Waals surface area contributed by atoms with E-state index in [1.165, 1.54) is 0 Å². The molecular weight excluding hydrogens is 260 g/mol. The Balaban J connectivity index is 2.01. The van der Waals surface area contributed by atoms with Crippen molar-refractivity contribution in [2.45, 2.75) is 44.7 Å². The van der Waals surface area contributed by atoms with Crippen LogP contribution in [0.3, 0.4) is 0 Å². The van der Waals surface area contributed by atoms with Gasteiger partial charge in [-0.15, -0.1) is 0 Å². The molecule has 6 heteroatoms. The van der Waals surface area contributed by atoms with Crippen LogP contribution in [-0.2, 0) is 9.53 Å². The van der Waals surface area contributed by atoms with Gasteiger partial charge in [0.15, 0.2) is 0 Å². The highest BCUT2D eigenvalue weighted by molar-refractivity contribution is 5.77. The number of hydrogen-bond acceptors (Lipinski definition) is 3. The van der Waals surface area contributed by atoms with E-state index in [1.807, 2.05) is 14.0 Å². The van der Waals surface area contributed by atoms with Crippen LogP contribution < -0.4 is 0 Å². The van der Waals surface area contributed by atoms with Crippen LogP contribution in [0.2, 0.25) is 0 Å². The van der Waals surface area contributed by atoms with Gasteiger partial charge in [-0.1, -0.05) is 0 Å². The number of carboxylic acid groups (broad SMARTS) is 1. The molecule has 0 unspecified atom stereocenters. The summed E-state index contributed by atoms with van der Waals surface area (Å²) in [5.74, 6) is -1.25. The van der Waals surface area contributed by atoms with E-state index in [-0.39, 0.29) is 18.1 Å². The van der Waals surface area contributed by atoms with Gasteiger partial charge in [0.05, 0.1) is 5.92 Å². The molecule has 0 aromatic rings. The molecule has 0 aromatic carbocycles. The zero-order valence-corrected chi connectivity index (χ0v) is 12.2. The number of ether oxygens (including phenoxy) is 1. The zero-order chi connectivity index (χ0) is 14.7. The van der Waals surface area contributed by atoms with Gasteiger partial charge in [-0.25, -0.2) is 4.79 Å². The molecule has 2 fully saturated rings. The summed E-state index contributed by atoms with van der Waals surface area (Å²) in [6, 6.07) is -0.0833. The average molecular weight is 284 g/mol. The molecule has 0 spiro atoms. The number of piperidine rings is 1. The predicted molar refractivity (Wildman–Crippen MR) is 73.5 cm³/mol. The number of nitrogens with zero attached hydrogens (tertiary/aromatic N) is 2. The van der Waals surface area contributed by atoms with Gasteiger partial charge in [0.25, 0.3) is 0 Å². The summed E-state index contributed by atoms with van der Waals surface area (Å²) in [6.07, 6.45) is 3.12. The third kappa shape index (κ3) is 3.06. The number of hydrogen-bond donors (Lipinski definition) is 1. The molecule has 2 amide bonds. The van der Waals surface area contributed by atoms with Crippen LogP contribution in [0, 0.1) is 5.92 Å². The number of likely N-dealkylation sites (tertiary alicyclic amines) is 1. The lowest BCUT2D eigenvalue weighted by Gasteiger charge is -2.41. The van der Waals surface area contributed by atoms with E-state index in [0.717, 1.165) is 19.3 Å². The van der Waals surface area contributed by atoms with Gasteiger partial charge in [0.1, 0.15) is 0 Å². The van der Waals surface area contributed by atoms with Gasteiger partial charge in [-0.2, -0.15) is 0 Å². The second-order valence-electron chi connectivity index (χ2n) is 5.76. The fourth-order valence-electron chi connectivity index (χ4n) is 3.17. The van der Waals surface area contributed by atoms with E-state index in [9.17, 15) is 14.7 Å². The van der Waals surface area contributed by atoms with Crippen molar-refractivity contribution in [2.75, 3.05) is 26.8 Å². The van der Waals surface area contributed by atoms with Gasteiger partial charge >= 0.3 is 12.0 Å². The Morgan fingerprint density at radius 1 is 1.25 bits per heavy atom. The Morgan fingerprint density at radius 2 is 1.90 bits per heavy atom. The van der Waals surface area contributed by atoms with Crippen molar-refractivity contribution < 1.29 is 19.4 Å². The number of aliphatic carboxylic acids is 1. The van der Waals surface area contributed by atoms with E-state index in [2.05, 4.69) is 0 Å². The minimum absolute atomic E-state index is 0.0460. The summed E-state index contributed by atoms with van der Waals surface area (Å²) in [4.78, 5) is 27.3. The lowest BCUT2D eigenvalue weighted by Crippen LogP contribution is -2.55. The molecule has 1 N–H and O–H groups in total. The fourth-order valence-corrected chi connectivity index (χ4v) is 3.17. The first kappa shape index (κ1) is 15.1. The summed E-state index contributed by atoms with van der Waals surface area (Å²) in [5.41, 5.74) is 0. The van der Waals surface area contributed by atoms with Crippen molar-refractivity contribution in [3.63, 3.8) is 0 Å². The van der Waals surface area contributed by atoms with E-state index in [1.54, 1.807) is 9.80 Å². The van der Waals surface area contributed by atoms with E-state index in [4.69, 9.17) is 4.74 Å². The summed E-state index contributed by atoms with van der Waals surface area (Å²) in [7, 11) is 1.81. The highest BCUT2D eigenvalue weighted by Crippen LogP contribution is 2.26. The van der Waals surface area contributed by atoms with Crippen LogP contribution in [0.4, 0.5) is 4.79 Å². The van der Waals surface area contributed by atoms with Crippen LogP contribution in [-0.4, -0.2) is 65.8 Å². The van der Waals surface area contributed by atoms with Gasteiger partial charge in [0, 0.05) is 38.9 Å². The van der Waals surface area contributed by atoms with Crippen molar-refractivity contribution in [1.29, 1.82) is 0 Å². The van der Waals surface area contributed by atoms with Gasteiger partial charge in [0.2, 0.25) is 0 Å². The quantitative estimate of drug-likeness (QED) is 0.832. The van der Waals surface area contributed by atoms with Crippen LogP contribution in [0.25, 0.3) is 0 Å². The molecule has 2 heterocycles. The Morgan fingerprint density at radius 3 is 2.50 bits per heavy atom. The first-order valence-corrected chi connectivity index (χ1v) is 7.36. The highest BCUT2D eigenvalue weighted by Gasteiger charge is 2.37. The number of carboxylic acids is 1. The third-order valence-corrected chi connectivity index (χ3v) is 4.59. The zero-order valence-electron chi connectivity index (χ0n) is 12.2. The average Bonchev–Trinajstić information content (AvgIpc) is 2.46. The van der Waals surface area contributed by atoms with Crippen molar-refractivity contribution in [3.05, 3.63) is 0 Å². The monoisotopic (exact) mass is 284 g/mol. The minimum Gasteiger partial charge on any atom is -0.481 e. The Hall–Kier alpha value is -1.30. The molecule has 0 aromatic heterocycles. The lowest BCUT2D eigenvalue weighted by molar-refractivity contribution is -0.145. The van der Waals surface area contributed by atoms with Crippen LogP contribution in [0.5, 0.6) is 0 Å². The fraction of sp³-hybridized carbons (Fsp3) is 0.857. The van der Waals surface area contributed by atoms with Crippen molar-refractivity contribution in [2.24, 2.45) is 5.92 Å². The molecule has 6 nitrogen and oxygen atoms in total. The molecule has 0 bridgehead atoms. The van der Waals surface area contributed by atoms with E-state index in [0.29, 0.717) is 26.2 Å². The molecule has 0 radical (unpaired) electrons. The molecule has 20 heavy (non-hydrogen) atoms. The largest absolute Gasteiger partial charge is 0.481 e. The van der Waals surface area contributed by atoms with Crippen LogP contribution in [0.15, 0.2) is 0 Å². The molecule has 114 valence electrons. The van der Waals surface area contributed by atoms with Gasteiger partial charge < -0.3 is 19.6 Å². The van der Waals surface area contributed by atoms with Gasteiger partial charge in [-0.3, -0.25) is 4.79 Å². The minimum atomic E-state index is -0.802. The second kappa shape index (κ2) is 6.43. The molecule has 2 atom stereocenters. The standard InChI is InChI=1S/C14H24N2O4/c1-10-12(13(17)18)4-3-7-16(10)14(19)15(2)11-5-8-20-9-6-11/h10-12H,3-9H2,1-2H3,(H,17,18)/t10-,12-/m1/s1. The maximum absolute atomic E-state index is 12.6. The number of carbonyl (C=O) groups excluding carboxylic acids is 1. The Bertz CT molecular complexity index is 368. The number of amides is 2. The maximum atomic E-state index is 12.6. The maximum Gasteiger partial charge on any atom is 0.320 e. The highest BCUT2D eigenvalue weighted by atomic mass is 16.5. The second-order valence-corrected chi connectivity index (χ2v) is 5.76. The molecule has 0 aliphatic carbocycles. The van der Waals surface area contributed by atoms with Gasteiger partial charge in [-0.05, 0) is 32.6 Å². The van der Waals surface area contributed by atoms with E-state index < -0.39 is 11.9 Å². The van der Waals surface area contributed by atoms with Crippen molar-refractivity contribution in [3.8, 4) is 0 Å². The van der Waals surface area contributed by atoms with Crippen LogP contribution >= 0.6 is 0 Å². The normalized spacial score (nSPS) is 28.2. The molecule has 0 saturated carbocycles. The lowest BCUT2D eigenvalue weighted by atomic mass is 9.90. The van der Waals surface area contributed by atoms with E-state index >= 15 is 0 Å². The SMILES string of the molecule is C[C@@H]1[C@H](C(=O)O)CCCN1C(=O)N(C)C1CCOCC1. The predicted octanol–water partition coefficient (Wildman–Crippen LogP) is 1.40. The first-order chi connectivity index (χ1) is 9.52. The Labute approximate surface area is 119 Å². The number of carbonyl (C=O) groups is 2.